The highest BCUT2D eigenvalue weighted by atomic mass is 16.5. The van der Waals surface area contributed by atoms with E-state index < -0.39 is 12.6 Å². The molecule has 0 bridgehead atoms. The quantitative estimate of drug-likeness (QED) is 0.754. The van der Waals surface area contributed by atoms with Gasteiger partial charge in [0.25, 0.3) is 5.91 Å². The number of carbonyl (C=O) groups is 2. The third-order valence-corrected chi connectivity index (χ3v) is 3.41. The Labute approximate surface area is 137 Å². The molecule has 0 spiro atoms. The van der Waals surface area contributed by atoms with Crippen LogP contribution in [-0.4, -0.2) is 28.6 Å². The number of nitrogens with zero attached hydrogens (tertiary/aromatic N) is 1. The zero-order valence-electron chi connectivity index (χ0n) is 12.6. The maximum atomic E-state index is 12.3. The molecular weight excluding hydrogens is 308 g/mol. The van der Waals surface area contributed by atoms with Gasteiger partial charge in [0.05, 0.1) is 5.56 Å². The summed E-state index contributed by atoms with van der Waals surface area (Å²) in [6.07, 6.45) is 3.09. The fourth-order valence-corrected chi connectivity index (χ4v) is 2.34. The summed E-state index contributed by atoms with van der Waals surface area (Å²) >= 11 is 0. The van der Waals surface area contributed by atoms with Crippen molar-refractivity contribution < 1.29 is 19.4 Å². The van der Waals surface area contributed by atoms with Crippen molar-refractivity contribution in [2.75, 3.05) is 11.9 Å². The Hall–Kier alpha value is -3.41. The van der Waals surface area contributed by atoms with Crippen LogP contribution in [0.25, 0.3) is 10.8 Å². The third kappa shape index (κ3) is 3.33. The van der Waals surface area contributed by atoms with E-state index in [9.17, 15) is 9.59 Å². The van der Waals surface area contributed by atoms with Crippen molar-refractivity contribution >= 4 is 28.3 Å². The van der Waals surface area contributed by atoms with Crippen LogP contribution in [0, 0.1) is 0 Å². The lowest BCUT2D eigenvalue weighted by molar-refractivity contribution is -0.139. The SMILES string of the molecule is O=C(O)COc1ccc(NC(=O)c2cccnc2)c2ccccc12. The summed E-state index contributed by atoms with van der Waals surface area (Å²) < 4.78 is 5.30. The number of carbonyl (C=O) groups excluding carboxylic acids is 1. The highest BCUT2D eigenvalue weighted by Crippen LogP contribution is 2.31. The van der Waals surface area contributed by atoms with Gasteiger partial charge in [-0.15, -0.1) is 0 Å². The van der Waals surface area contributed by atoms with Crippen LogP contribution < -0.4 is 10.1 Å². The van der Waals surface area contributed by atoms with Gasteiger partial charge in [0.15, 0.2) is 6.61 Å². The van der Waals surface area contributed by atoms with Gasteiger partial charge >= 0.3 is 5.97 Å². The lowest BCUT2D eigenvalue weighted by atomic mass is 10.1. The standard InChI is InChI=1S/C18H14N2O4/c21-17(22)11-24-16-8-7-15(13-5-1-2-6-14(13)16)20-18(23)12-4-3-9-19-10-12/h1-10H,11H2,(H,20,23)(H,21,22). The van der Waals surface area contributed by atoms with E-state index >= 15 is 0 Å². The van der Waals surface area contributed by atoms with E-state index in [2.05, 4.69) is 10.3 Å². The molecule has 0 atom stereocenters. The van der Waals surface area contributed by atoms with E-state index in [4.69, 9.17) is 9.84 Å². The average molecular weight is 322 g/mol. The van der Waals surface area contributed by atoms with Crippen LogP contribution in [0.2, 0.25) is 0 Å². The van der Waals surface area contributed by atoms with Gasteiger partial charge in [-0.2, -0.15) is 0 Å². The molecule has 0 saturated carbocycles. The number of carboxylic acid groups (broad SMARTS) is 1. The minimum atomic E-state index is -1.05. The average Bonchev–Trinajstić information content (AvgIpc) is 2.61. The second kappa shape index (κ2) is 6.78. The molecule has 0 unspecified atom stereocenters. The lowest BCUT2D eigenvalue weighted by Gasteiger charge is -2.12. The molecule has 2 N–H and O–H groups in total. The molecular formula is C18H14N2O4. The molecule has 1 amide bonds. The molecule has 1 heterocycles. The van der Waals surface area contributed by atoms with Crippen molar-refractivity contribution in [3.05, 3.63) is 66.5 Å². The van der Waals surface area contributed by atoms with Crippen LogP contribution >= 0.6 is 0 Å². The molecule has 3 aromatic rings. The Bertz CT molecular complexity index is 894. The monoisotopic (exact) mass is 322 g/mol. The first-order valence-corrected chi connectivity index (χ1v) is 7.23. The summed E-state index contributed by atoms with van der Waals surface area (Å²) in [5.74, 6) is -0.868. The molecule has 0 radical (unpaired) electrons. The minimum Gasteiger partial charge on any atom is -0.481 e. The van der Waals surface area contributed by atoms with E-state index in [0.29, 0.717) is 17.0 Å². The van der Waals surface area contributed by atoms with Crippen molar-refractivity contribution in [3.8, 4) is 5.75 Å². The molecule has 120 valence electrons. The molecule has 2 aromatic carbocycles. The Morgan fingerprint density at radius 3 is 2.54 bits per heavy atom. The summed E-state index contributed by atoms with van der Waals surface area (Å²) in [6.45, 7) is -0.425. The maximum Gasteiger partial charge on any atom is 0.341 e. The predicted octanol–water partition coefficient (Wildman–Crippen LogP) is 2.95. The number of aliphatic carboxylic acids is 1. The van der Waals surface area contributed by atoms with Gasteiger partial charge in [0.1, 0.15) is 5.75 Å². The van der Waals surface area contributed by atoms with Crippen molar-refractivity contribution in [1.29, 1.82) is 0 Å². The van der Waals surface area contributed by atoms with Gasteiger partial charge in [0, 0.05) is 28.9 Å². The van der Waals surface area contributed by atoms with Gasteiger partial charge in [-0.05, 0) is 24.3 Å². The van der Waals surface area contributed by atoms with E-state index in [1.807, 2.05) is 24.3 Å². The van der Waals surface area contributed by atoms with Crippen molar-refractivity contribution in [2.45, 2.75) is 0 Å². The predicted molar refractivity (Wildman–Crippen MR) is 89.3 cm³/mol. The van der Waals surface area contributed by atoms with Crippen molar-refractivity contribution in [3.63, 3.8) is 0 Å². The van der Waals surface area contributed by atoms with Crippen LogP contribution in [0.5, 0.6) is 5.75 Å². The molecule has 0 saturated heterocycles. The normalized spacial score (nSPS) is 10.3. The lowest BCUT2D eigenvalue weighted by Crippen LogP contribution is -2.13. The van der Waals surface area contributed by atoms with Crippen LogP contribution in [-0.2, 0) is 4.79 Å². The number of fused-ring (bicyclic) bond motifs is 1. The van der Waals surface area contributed by atoms with E-state index in [1.165, 1.54) is 6.20 Å². The van der Waals surface area contributed by atoms with E-state index in [1.54, 1.807) is 30.5 Å². The smallest absolute Gasteiger partial charge is 0.341 e. The summed E-state index contributed by atoms with van der Waals surface area (Å²) in [7, 11) is 0. The molecule has 6 heteroatoms. The number of aromatic nitrogens is 1. The second-order valence-electron chi connectivity index (χ2n) is 5.04. The van der Waals surface area contributed by atoms with Gasteiger partial charge in [-0.3, -0.25) is 9.78 Å². The number of carboxylic acids is 1. The molecule has 6 nitrogen and oxygen atoms in total. The zero-order chi connectivity index (χ0) is 16.9. The number of anilines is 1. The van der Waals surface area contributed by atoms with Gasteiger partial charge < -0.3 is 15.2 Å². The first-order valence-electron chi connectivity index (χ1n) is 7.23. The van der Waals surface area contributed by atoms with Gasteiger partial charge in [-0.1, -0.05) is 24.3 Å². The maximum absolute atomic E-state index is 12.3. The first kappa shape index (κ1) is 15.5. The fraction of sp³-hybridized carbons (Fsp3) is 0.0556. The summed E-state index contributed by atoms with van der Waals surface area (Å²) in [4.78, 5) is 26.9. The van der Waals surface area contributed by atoms with E-state index in [0.717, 1.165) is 10.8 Å². The molecule has 3 rings (SSSR count). The Kier molecular flexibility index (Phi) is 4.38. The van der Waals surface area contributed by atoms with E-state index in [-0.39, 0.29) is 5.91 Å². The van der Waals surface area contributed by atoms with Crippen LogP contribution in [0.1, 0.15) is 10.4 Å². The number of amides is 1. The number of benzene rings is 2. The Morgan fingerprint density at radius 2 is 1.83 bits per heavy atom. The van der Waals surface area contributed by atoms with Crippen LogP contribution in [0.4, 0.5) is 5.69 Å². The van der Waals surface area contributed by atoms with Gasteiger partial charge in [-0.25, -0.2) is 4.79 Å². The number of rotatable bonds is 5. The first-order chi connectivity index (χ1) is 11.6. The number of hydrogen-bond donors (Lipinski definition) is 2. The largest absolute Gasteiger partial charge is 0.481 e. The van der Waals surface area contributed by atoms with Crippen molar-refractivity contribution in [1.82, 2.24) is 4.98 Å². The fourth-order valence-electron chi connectivity index (χ4n) is 2.34. The number of pyridine rings is 1. The molecule has 0 aliphatic carbocycles. The van der Waals surface area contributed by atoms with Crippen LogP contribution in [0.3, 0.4) is 0 Å². The minimum absolute atomic E-state index is 0.271. The molecule has 1 aromatic heterocycles. The highest BCUT2D eigenvalue weighted by Gasteiger charge is 2.11. The van der Waals surface area contributed by atoms with Crippen molar-refractivity contribution in [2.24, 2.45) is 0 Å². The Balaban J connectivity index is 1.93. The molecule has 0 aliphatic rings. The summed E-state index contributed by atoms with van der Waals surface area (Å²) in [5.41, 5.74) is 1.06. The molecule has 24 heavy (non-hydrogen) atoms. The topological polar surface area (TPSA) is 88.5 Å². The third-order valence-electron chi connectivity index (χ3n) is 3.41. The number of hydrogen-bond acceptors (Lipinski definition) is 4. The second-order valence-corrected chi connectivity index (χ2v) is 5.04. The zero-order valence-corrected chi connectivity index (χ0v) is 12.6. The van der Waals surface area contributed by atoms with Gasteiger partial charge in [0.2, 0.25) is 0 Å². The number of nitrogens with one attached hydrogen (secondary N) is 1. The summed E-state index contributed by atoms with van der Waals surface area (Å²) in [5, 5.41) is 13.1. The van der Waals surface area contributed by atoms with Crippen LogP contribution in [0.15, 0.2) is 60.9 Å². The Morgan fingerprint density at radius 1 is 1.04 bits per heavy atom. The highest BCUT2D eigenvalue weighted by molar-refractivity contribution is 6.10. The molecule has 0 fully saturated rings. The number of ether oxygens (including phenoxy) is 1. The molecule has 0 aliphatic heterocycles. The summed E-state index contributed by atoms with van der Waals surface area (Å²) in [6, 6.07) is 14.0.